The molecular formula is C18H32O16. The molecule has 2 aliphatic heterocycles. The van der Waals surface area contributed by atoms with E-state index in [-0.39, 0.29) is 6.29 Å². The maximum absolute atomic E-state index is 11.6. The molecule has 0 unspecified atom stereocenters. The lowest BCUT2D eigenvalue weighted by Crippen LogP contribution is -2.62. The van der Waals surface area contributed by atoms with Crippen LogP contribution in [0.15, 0.2) is 0 Å². The van der Waals surface area contributed by atoms with Crippen molar-refractivity contribution in [3.63, 3.8) is 0 Å². The van der Waals surface area contributed by atoms with Gasteiger partial charge in [0.15, 0.2) is 18.9 Å². The molecule has 2 fully saturated rings. The van der Waals surface area contributed by atoms with Crippen molar-refractivity contribution in [2.75, 3.05) is 19.8 Å². The van der Waals surface area contributed by atoms with Gasteiger partial charge < -0.3 is 79.9 Å². The number of aliphatic hydroxyl groups excluding tert-OH is 11. The molecule has 16 nitrogen and oxygen atoms in total. The van der Waals surface area contributed by atoms with Crippen molar-refractivity contribution in [1.29, 1.82) is 0 Å². The molecule has 2 aliphatic rings. The first kappa shape index (κ1) is 29.3. The van der Waals surface area contributed by atoms with Crippen molar-refractivity contribution in [2.45, 2.75) is 85.8 Å². The Balaban J connectivity index is 2.19. The van der Waals surface area contributed by atoms with E-state index in [0.717, 1.165) is 0 Å². The summed E-state index contributed by atoms with van der Waals surface area (Å²) in [7, 11) is 0. The number of aldehydes is 1. The molecule has 2 rings (SSSR count). The summed E-state index contributed by atoms with van der Waals surface area (Å²) in [6.45, 7) is -2.65. The van der Waals surface area contributed by atoms with Gasteiger partial charge in [0.05, 0.1) is 19.8 Å². The average molecular weight is 504 g/mol. The highest BCUT2D eigenvalue weighted by Gasteiger charge is 2.49. The zero-order valence-electron chi connectivity index (χ0n) is 17.7. The van der Waals surface area contributed by atoms with E-state index in [1.807, 2.05) is 0 Å². The summed E-state index contributed by atoms with van der Waals surface area (Å²) in [4.78, 5) is 11.6. The molecule has 0 aromatic heterocycles. The van der Waals surface area contributed by atoms with Gasteiger partial charge >= 0.3 is 0 Å². The molecule has 0 amide bonds. The van der Waals surface area contributed by atoms with E-state index in [1.54, 1.807) is 0 Å². The van der Waals surface area contributed by atoms with Gasteiger partial charge in [0.25, 0.3) is 0 Å². The summed E-state index contributed by atoms with van der Waals surface area (Å²) < 4.78 is 20.6. The van der Waals surface area contributed by atoms with Gasteiger partial charge in [-0.1, -0.05) is 0 Å². The van der Waals surface area contributed by atoms with Crippen LogP contribution in [-0.2, 0) is 23.7 Å². The van der Waals surface area contributed by atoms with Crippen molar-refractivity contribution < 1.29 is 79.9 Å². The van der Waals surface area contributed by atoms with Crippen LogP contribution in [0.3, 0.4) is 0 Å². The normalized spacial score (nSPS) is 42.6. The zero-order chi connectivity index (χ0) is 25.7. The van der Waals surface area contributed by atoms with Gasteiger partial charge in [0.1, 0.15) is 73.2 Å². The number of rotatable bonds is 11. The van der Waals surface area contributed by atoms with Gasteiger partial charge in [-0.2, -0.15) is 0 Å². The third-order valence-corrected chi connectivity index (χ3v) is 5.65. The van der Waals surface area contributed by atoms with E-state index in [0.29, 0.717) is 0 Å². The van der Waals surface area contributed by atoms with Crippen molar-refractivity contribution in [3.05, 3.63) is 0 Å². The van der Waals surface area contributed by atoms with E-state index in [4.69, 9.17) is 18.9 Å². The van der Waals surface area contributed by atoms with Crippen LogP contribution in [0, 0.1) is 0 Å². The molecule has 11 N–H and O–H groups in total. The van der Waals surface area contributed by atoms with Crippen molar-refractivity contribution >= 4 is 6.29 Å². The quantitative estimate of drug-likeness (QED) is 0.117. The number of carbonyl (C=O) groups is 1. The molecule has 2 heterocycles. The SMILES string of the molecule is O=C[C@H](O[C@@H]1O[C@H](CO)[C@H](O)[C@H](O)[C@H]1O)[C@@H](O)[C@@H](O[C@@H]1O[C@H](CO)[C@H](O)[C@H](O)[C@H]1O)[C@H](O)CO. The molecule has 0 spiro atoms. The second-order valence-corrected chi connectivity index (χ2v) is 7.97. The Morgan fingerprint density at radius 1 is 0.706 bits per heavy atom. The maximum atomic E-state index is 11.6. The van der Waals surface area contributed by atoms with Gasteiger partial charge in [0, 0.05) is 0 Å². The Labute approximate surface area is 192 Å². The second-order valence-electron chi connectivity index (χ2n) is 7.97. The monoisotopic (exact) mass is 504 g/mol. The lowest BCUT2D eigenvalue weighted by atomic mass is 9.98. The Morgan fingerprint density at radius 2 is 1.15 bits per heavy atom. The fourth-order valence-electron chi connectivity index (χ4n) is 3.55. The minimum atomic E-state index is -2.15. The topological polar surface area (TPSA) is 277 Å². The second kappa shape index (κ2) is 12.9. The highest BCUT2D eigenvalue weighted by Crippen LogP contribution is 2.27. The molecule has 16 heteroatoms. The highest BCUT2D eigenvalue weighted by atomic mass is 16.7. The molecule has 0 saturated carbocycles. The van der Waals surface area contributed by atoms with E-state index in [9.17, 15) is 61.0 Å². The summed E-state index contributed by atoms with van der Waals surface area (Å²) in [5, 5.41) is 108. The predicted octanol–water partition coefficient (Wildman–Crippen LogP) is -7.73. The Morgan fingerprint density at radius 3 is 1.53 bits per heavy atom. The summed E-state index contributed by atoms with van der Waals surface area (Å²) >= 11 is 0. The summed E-state index contributed by atoms with van der Waals surface area (Å²) in [5.41, 5.74) is 0. The standard InChI is InChI=1S/C18H32O16/c19-1-5(23)16(34-18-15(30)13(28)10(25)7(3-21)32-18)11(26)8(4-22)33-17-14(29)12(27)9(24)6(2-20)31-17/h4-21,23-30H,1-3H2/t5-,6-,7-,8+,9+,10+,11-,12+,13+,14-,15-,16+,17+,18+/m1/s1. The minimum Gasteiger partial charge on any atom is -0.394 e. The Hall–Kier alpha value is -0.930. The number of hydrogen-bond acceptors (Lipinski definition) is 16. The van der Waals surface area contributed by atoms with Crippen LogP contribution in [0.5, 0.6) is 0 Å². The molecule has 0 radical (unpaired) electrons. The average Bonchev–Trinajstić information content (AvgIpc) is 2.84. The largest absolute Gasteiger partial charge is 0.394 e. The maximum Gasteiger partial charge on any atom is 0.187 e. The van der Waals surface area contributed by atoms with Crippen LogP contribution in [0.25, 0.3) is 0 Å². The van der Waals surface area contributed by atoms with E-state index < -0.39 is 106 Å². The van der Waals surface area contributed by atoms with Crippen LogP contribution in [0.2, 0.25) is 0 Å². The third kappa shape index (κ3) is 6.25. The molecule has 34 heavy (non-hydrogen) atoms. The zero-order valence-corrected chi connectivity index (χ0v) is 17.7. The molecule has 0 bridgehead atoms. The fourth-order valence-corrected chi connectivity index (χ4v) is 3.55. The fraction of sp³-hybridized carbons (Fsp3) is 0.944. The predicted molar refractivity (Wildman–Crippen MR) is 102 cm³/mol. The number of carbonyl (C=O) groups excluding carboxylic acids is 1. The van der Waals surface area contributed by atoms with Gasteiger partial charge in [-0.25, -0.2) is 0 Å². The van der Waals surface area contributed by atoms with Gasteiger partial charge in [0.2, 0.25) is 0 Å². The third-order valence-electron chi connectivity index (χ3n) is 5.65. The van der Waals surface area contributed by atoms with Crippen molar-refractivity contribution in [1.82, 2.24) is 0 Å². The smallest absolute Gasteiger partial charge is 0.187 e. The lowest BCUT2D eigenvalue weighted by Gasteiger charge is -2.43. The number of hydrogen-bond donors (Lipinski definition) is 11. The highest BCUT2D eigenvalue weighted by molar-refractivity contribution is 5.57. The molecule has 200 valence electrons. The Kier molecular flexibility index (Phi) is 11.1. The van der Waals surface area contributed by atoms with Crippen LogP contribution < -0.4 is 0 Å². The summed E-state index contributed by atoms with van der Waals surface area (Å²) in [6.07, 6.45) is -25.6. The molecule has 0 aliphatic carbocycles. The van der Waals surface area contributed by atoms with Gasteiger partial charge in [-0.3, -0.25) is 0 Å². The molecule has 2 saturated heterocycles. The summed E-state index contributed by atoms with van der Waals surface area (Å²) in [6, 6.07) is 0. The first-order valence-electron chi connectivity index (χ1n) is 10.4. The first-order valence-corrected chi connectivity index (χ1v) is 10.4. The van der Waals surface area contributed by atoms with Gasteiger partial charge in [-0.05, 0) is 0 Å². The number of aliphatic hydroxyl groups is 11. The molecule has 0 aromatic carbocycles. The molecular weight excluding hydrogens is 472 g/mol. The van der Waals surface area contributed by atoms with E-state index >= 15 is 0 Å². The molecule has 14 atom stereocenters. The van der Waals surface area contributed by atoms with Gasteiger partial charge in [-0.15, -0.1) is 0 Å². The van der Waals surface area contributed by atoms with E-state index in [2.05, 4.69) is 0 Å². The van der Waals surface area contributed by atoms with E-state index in [1.165, 1.54) is 0 Å². The first-order chi connectivity index (χ1) is 16.0. The van der Waals surface area contributed by atoms with Crippen LogP contribution in [0.4, 0.5) is 0 Å². The van der Waals surface area contributed by atoms with Crippen molar-refractivity contribution in [2.24, 2.45) is 0 Å². The summed E-state index contributed by atoms with van der Waals surface area (Å²) in [5.74, 6) is 0. The van der Waals surface area contributed by atoms with Crippen LogP contribution in [-0.4, -0.2) is 168 Å². The number of ether oxygens (including phenoxy) is 4. The molecule has 0 aromatic rings. The minimum absolute atomic E-state index is 0.000146. The lowest BCUT2D eigenvalue weighted by molar-refractivity contribution is -0.336. The van der Waals surface area contributed by atoms with Crippen molar-refractivity contribution in [3.8, 4) is 0 Å². The Bertz CT molecular complexity index is 621. The van der Waals surface area contributed by atoms with Crippen LogP contribution >= 0.6 is 0 Å². The van der Waals surface area contributed by atoms with Crippen LogP contribution in [0.1, 0.15) is 0 Å².